The first-order valence-electron chi connectivity index (χ1n) is 8.00. The summed E-state index contributed by atoms with van der Waals surface area (Å²) >= 11 is 0. The van der Waals surface area contributed by atoms with Gasteiger partial charge in [-0.3, -0.25) is 19.7 Å². The van der Waals surface area contributed by atoms with Crippen LogP contribution >= 0.6 is 0 Å². The Labute approximate surface area is 139 Å². The van der Waals surface area contributed by atoms with E-state index in [2.05, 4.69) is 10.6 Å². The van der Waals surface area contributed by atoms with E-state index in [1.807, 2.05) is 6.08 Å². The highest BCUT2D eigenvalue weighted by Crippen LogP contribution is 2.47. The number of carbonyl (C=O) groups is 3. The molecule has 0 aromatic carbocycles. The Bertz CT molecular complexity index is 656. The normalized spacial score (nSPS) is 33.0. The highest BCUT2D eigenvalue weighted by Gasteiger charge is 2.56. The van der Waals surface area contributed by atoms with Crippen molar-refractivity contribution < 1.29 is 24.6 Å². The highest BCUT2D eigenvalue weighted by atomic mass is 16.3. The molecule has 3 unspecified atom stereocenters. The Morgan fingerprint density at radius 2 is 2.17 bits per heavy atom. The van der Waals surface area contributed by atoms with Gasteiger partial charge >= 0.3 is 0 Å². The molecular weight excluding hydrogens is 314 g/mol. The Morgan fingerprint density at radius 1 is 1.42 bits per heavy atom. The molecule has 0 bridgehead atoms. The minimum Gasteiger partial charge on any atom is -0.395 e. The second-order valence-corrected chi connectivity index (χ2v) is 6.47. The van der Waals surface area contributed by atoms with Gasteiger partial charge in [0.25, 0.3) is 0 Å². The summed E-state index contributed by atoms with van der Waals surface area (Å²) in [6.45, 7) is 1.95. The summed E-state index contributed by atoms with van der Waals surface area (Å²) in [5.41, 5.74) is 0.162. The summed E-state index contributed by atoms with van der Waals surface area (Å²) in [7, 11) is 0. The van der Waals surface area contributed by atoms with E-state index in [4.69, 9.17) is 5.11 Å². The summed E-state index contributed by atoms with van der Waals surface area (Å²) in [6, 6.07) is -0.862. The van der Waals surface area contributed by atoms with Crippen LogP contribution in [0, 0.1) is 5.41 Å². The van der Waals surface area contributed by atoms with Crippen molar-refractivity contribution in [1.82, 2.24) is 15.5 Å². The van der Waals surface area contributed by atoms with Crippen molar-refractivity contribution in [2.45, 2.75) is 38.5 Å². The first-order valence-corrected chi connectivity index (χ1v) is 8.00. The van der Waals surface area contributed by atoms with E-state index >= 15 is 0 Å². The predicted molar refractivity (Wildman–Crippen MR) is 83.0 cm³/mol. The first-order chi connectivity index (χ1) is 11.4. The number of aliphatic hydroxyl groups excluding tert-OH is 2. The fraction of sp³-hybridized carbons (Fsp3) is 0.562. The zero-order valence-corrected chi connectivity index (χ0v) is 13.4. The molecule has 24 heavy (non-hydrogen) atoms. The van der Waals surface area contributed by atoms with Gasteiger partial charge < -0.3 is 20.4 Å². The molecule has 2 fully saturated rings. The summed E-state index contributed by atoms with van der Waals surface area (Å²) < 4.78 is 0. The largest absolute Gasteiger partial charge is 0.395 e. The monoisotopic (exact) mass is 335 g/mol. The fourth-order valence-electron chi connectivity index (χ4n) is 3.68. The van der Waals surface area contributed by atoms with Gasteiger partial charge in [0.05, 0.1) is 12.0 Å². The second kappa shape index (κ2) is 6.03. The highest BCUT2D eigenvalue weighted by molar-refractivity contribution is 6.03. The molecule has 2 saturated heterocycles. The third kappa shape index (κ3) is 2.42. The standard InChI is InChI=1S/C16H21N3O5/c1-16-6-2-3-9(17-7-8-20)12(16)14(23)19(15(16)24)10-4-5-11(21)18-13(10)22/h2-3,10,14,17,20,23H,4-8H2,1H3,(H,18,21,22). The van der Waals surface area contributed by atoms with Crippen molar-refractivity contribution in [2.24, 2.45) is 5.41 Å². The van der Waals surface area contributed by atoms with Crippen LogP contribution in [0.4, 0.5) is 0 Å². The predicted octanol–water partition coefficient (Wildman–Crippen LogP) is -1.25. The molecule has 8 nitrogen and oxygen atoms in total. The maximum absolute atomic E-state index is 13.0. The van der Waals surface area contributed by atoms with Crippen LogP contribution in [0.2, 0.25) is 0 Å². The number of carbonyl (C=O) groups excluding carboxylic acids is 3. The SMILES string of the molecule is CC12CC=CC(NCCO)=C1C(O)N(C1CCC(=O)NC1=O)C2=O. The molecule has 3 atom stereocenters. The molecule has 0 spiro atoms. The lowest BCUT2D eigenvalue weighted by Gasteiger charge is -2.32. The molecule has 3 amide bonds. The van der Waals surface area contributed by atoms with E-state index in [-0.39, 0.29) is 31.3 Å². The van der Waals surface area contributed by atoms with Crippen LogP contribution in [0.3, 0.4) is 0 Å². The van der Waals surface area contributed by atoms with Gasteiger partial charge in [-0.15, -0.1) is 0 Å². The molecule has 0 aromatic heterocycles. The molecule has 0 radical (unpaired) electrons. The van der Waals surface area contributed by atoms with E-state index in [9.17, 15) is 19.5 Å². The molecule has 0 aromatic rings. The Kier molecular flexibility index (Phi) is 4.18. The number of hydrogen-bond acceptors (Lipinski definition) is 6. The number of aliphatic hydroxyl groups is 2. The van der Waals surface area contributed by atoms with Gasteiger partial charge in [-0.2, -0.15) is 0 Å². The molecule has 3 aliphatic rings. The first kappa shape index (κ1) is 16.7. The zero-order chi connectivity index (χ0) is 17.5. The number of piperidine rings is 1. The van der Waals surface area contributed by atoms with Crippen molar-refractivity contribution >= 4 is 17.7 Å². The maximum Gasteiger partial charge on any atom is 0.249 e. The van der Waals surface area contributed by atoms with Crippen molar-refractivity contribution in [3.8, 4) is 0 Å². The van der Waals surface area contributed by atoms with E-state index in [0.29, 0.717) is 24.2 Å². The lowest BCUT2D eigenvalue weighted by Crippen LogP contribution is -2.55. The lowest BCUT2D eigenvalue weighted by atomic mass is 9.76. The molecule has 0 saturated carbocycles. The number of nitrogens with one attached hydrogen (secondary N) is 2. The van der Waals surface area contributed by atoms with Crippen LogP contribution < -0.4 is 10.6 Å². The number of rotatable bonds is 4. The van der Waals surface area contributed by atoms with E-state index in [1.165, 1.54) is 4.90 Å². The third-order valence-corrected chi connectivity index (χ3v) is 4.90. The number of fused-ring (bicyclic) bond motifs is 1. The van der Waals surface area contributed by atoms with E-state index < -0.39 is 23.6 Å². The Morgan fingerprint density at radius 3 is 2.83 bits per heavy atom. The third-order valence-electron chi connectivity index (χ3n) is 4.90. The molecule has 130 valence electrons. The van der Waals surface area contributed by atoms with Gasteiger partial charge in [0, 0.05) is 24.2 Å². The maximum atomic E-state index is 13.0. The van der Waals surface area contributed by atoms with Gasteiger partial charge in [-0.1, -0.05) is 6.08 Å². The van der Waals surface area contributed by atoms with Gasteiger partial charge in [0.2, 0.25) is 17.7 Å². The average molecular weight is 335 g/mol. The topological polar surface area (TPSA) is 119 Å². The molecule has 2 heterocycles. The van der Waals surface area contributed by atoms with Crippen LogP contribution in [-0.4, -0.2) is 58.3 Å². The summed E-state index contributed by atoms with van der Waals surface area (Å²) in [6.07, 6.45) is 3.13. The van der Waals surface area contributed by atoms with Crippen molar-refractivity contribution in [3.63, 3.8) is 0 Å². The van der Waals surface area contributed by atoms with Gasteiger partial charge in [-0.25, -0.2) is 0 Å². The van der Waals surface area contributed by atoms with Gasteiger partial charge in [-0.05, 0) is 25.8 Å². The minimum absolute atomic E-state index is 0.0811. The Balaban J connectivity index is 1.96. The van der Waals surface area contributed by atoms with Crippen molar-refractivity contribution in [1.29, 1.82) is 0 Å². The fourth-order valence-corrected chi connectivity index (χ4v) is 3.68. The van der Waals surface area contributed by atoms with Crippen LogP contribution in [0.5, 0.6) is 0 Å². The van der Waals surface area contributed by atoms with E-state index in [1.54, 1.807) is 13.0 Å². The summed E-state index contributed by atoms with van der Waals surface area (Å²) in [5.74, 6) is -1.25. The molecule has 1 aliphatic carbocycles. The van der Waals surface area contributed by atoms with Gasteiger partial charge in [0.1, 0.15) is 6.04 Å². The number of likely N-dealkylation sites (tertiary alicyclic amines) is 1. The van der Waals surface area contributed by atoms with E-state index in [0.717, 1.165) is 0 Å². The number of amides is 3. The van der Waals surface area contributed by atoms with Crippen LogP contribution in [0.15, 0.2) is 23.4 Å². The van der Waals surface area contributed by atoms with Crippen LogP contribution in [-0.2, 0) is 14.4 Å². The molecule has 2 aliphatic heterocycles. The lowest BCUT2D eigenvalue weighted by molar-refractivity contribution is -0.152. The number of hydrogen-bond donors (Lipinski definition) is 4. The van der Waals surface area contributed by atoms with Crippen LogP contribution in [0.1, 0.15) is 26.2 Å². The molecule has 3 rings (SSSR count). The van der Waals surface area contributed by atoms with Crippen LogP contribution in [0.25, 0.3) is 0 Å². The van der Waals surface area contributed by atoms with Gasteiger partial charge in [0.15, 0.2) is 6.23 Å². The van der Waals surface area contributed by atoms with Crippen molar-refractivity contribution in [3.05, 3.63) is 23.4 Å². The number of nitrogens with zero attached hydrogens (tertiary/aromatic N) is 1. The molecule has 8 heteroatoms. The number of imide groups is 1. The average Bonchev–Trinajstić information content (AvgIpc) is 2.73. The minimum atomic E-state index is -1.24. The molecule has 4 N–H and O–H groups in total. The Hall–Kier alpha value is -2.19. The van der Waals surface area contributed by atoms with Crippen molar-refractivity contribution in [2.75, 3.05) is 13.2 Å². The summed E-state index contributed by atoms with van der Waals surface area (Å²) in [4.78, 5) is 37.6. The summed E-state index contributed by atoms with van der Waals surface area (Å²) in [5, 5.41) is 25.0. The smallest absolute Gasteiger partial charge is 0.249 e. The zero-order valence-electron chi connectivity index (χ0n) is 13.4. The second-order valence-electron chi connectivity index (χ2n) is 6.47. The molecular formula is C16H21N3O5. The quantitative estimate of drug-likeness (QED) is 0.477. The number of allylic oxidation sites excluding steroid dienone is 2.